The van der Waals surface area contributed by atoms with E-state index in [0.29, 0.717) is 17.5 Å². The Labute approximate surface area is 114 Å². The first-order chi connectivity index (χ1) is 8.60. The molecule has 0 radical (unpaired) electrons. The molecule has 0 fully saturated rings. The average Bonchev–Trinajstić information content (AvgIpc) is 2.22. The molecule has 0 saturated carbocycles. The van der Waals surface area contributed by atoms with Gasteiger partial charge in [0.15, 0.2) is 0 Å². The standard InChI is InChI=1S/C13H23N5O/c1-7-10(14)16-9(3)17-11(7)15-8(2)12(19)18-13(4,5)6/h8H,1-6H3,(H,18,19)(H3,14,15,16,17). The minimum absolute atomic E-state index is 0.0817. The SMILES string of the molecule is Cc1nc(N)c(C)c(NC(C)C(=O)NC(C)(C)C)n1. The molecule has 0 spiro atoms. The molecule has 0 bridgehead atoms. The number of hydrogen-bond acceptors (Lipinski definition) is 5. The van der Waals surface area contributed by atoms with E-state index in [1.54, 1.807) is 13.8 Å². The van der Waals surface area contributed by atoms with Crippen molar-refractivity contribution >= 4 is 17.5 Å². The van der Waals surface area contributed by atoms with Gasteiger partial charge in [-0.1, -0.05) is 0 Å². The van der Waals surface area contributed by atoms with Gasteiger partial charge in [0.05, 0.1) is 0 Å². The molecule has 0 aliphatic heterocycles. The number of carbonyl (C=O) groups excluding carboxylic acids is 1. The largest absolute Gasteiger partial charge is 0.383 e. The lowest BCUT2D eigenvalue weighted by Gasteiger charge is -2.24. The molecule has 1 unspecified atom stereocenters. The molecule has 106 valence electrons. The first-order valence-electron chi connectivity index (χ1n) is 6.29. The predicted molar refractivity (Wildman–Crippen MR) is 76.9 cm³/mol. The summed E-state index contributed by atoms with van der Waals surface area (Å²) < 4.78 is 0. The number of nitrogens with zero attached hydrogens (tertiary/aromatic N) is 2. The zero-order valence-corrected chi connectivity index (χ0v) is 12.5. The molecule has 1 heterocycles. The minimum Gasteiger partial charge on any atom is -0.383 e. The number of nitrogens with two attached hydrogens (primary N) is 1. The summed E-state index contributed by atoms with van der Waals surface area (Å²) in [6.45, 7) is 11.2. The van der Waals surface area contributed by atoms with Crippen LogP contribution in [-0.2, 0) is 4.79 Å². The fraction of sp³-hybridized carbons (Fsp3) is 0.615. The number of rotatable bonds is 3. The van der Waals surface area contributed by atoms with E-state index in [1.807, 2.05) is 27.7 Å². The second kappa shape index (κ2) is 5.42. The maximum absolute atomic E-state index is 12.0. The minimum atomic E-state index is -0.397. The van der Waals surface area contributed by atoms with Crippen LogP contribution in [0.15, 0.2) is 0 Å². The number of aryl methyl sites for hydroxylation is 1. The van der Waals surface area contributed by atoms with Gasteiger partial charge in [-0.15, -0.1) is 0 Å². The van der Waals surface area contributed by atoms with E-state index in [0.717, 1.165) is 5.56 Å². The number of hydrogen-bond donors (Lipinski definition) is 3. The van der Waals surface area contributed by atoms with Crippen molar-refractivity contribution in [3.63, 3.8) is 0 Å². The summed E-state index contributed by atoms with van der Waals surface area (Å²) in [5.41, 5.74) is 6.27. The summed E-state index contributed by atoms with van der Waals surface area (Å²) in [6.07, 6.45) is 0. The van der Waals surface area contributed by atoms with Gasteiger partial charge in [0.25, 0.3) is 0 Å². The zero-order valence-electron chi connectivity index (χ0n) is 12.5. The van der Waals surface area contributed by atoms with Crippen molar-refractivity contribution in [1.29, 1.82) is 0 Å². The Balaban J connectivity index is 2.83. The Morgan fingerprint density at radius 1 is 1.26 bits per heavy atom. The highest BCUT2D eigenvalue weighted by atomic mass is 16.2. The third-order valence-corrected chi connectivity index (χ3v) is 2.54. The van der Waals surface area contributed by atoms with Gasteiger partial charge in [0.1, 0.15) is 23.5 Å². The summed E-state index contributed by atoms with van der Waals surface area (Å²) in [4.78, 5) is 20.3. The molecular weight excluding hydrogens is 242 g/mol. The maximum Gasteiger partial charge on any atom is 0.242 e. The summed E-state index contributed by atoms with van der Waals surface area (Å²) in [5.74, 6) is 1.52. The number of nitrogens with one attached hydrogen (secondary N) is 2. The first kappa shape index (κ1) is 15.2. The molecule has 1 aromatic rings. The Bertz CT molecular complexity index is 479. The van der Waals surface area contributed by atoms with Crippen LogP contribution in [0.3, 0.4) is 0 Å². The van der Waals surface area contributed by atoms with Gasteiger partial charge in [-0.05, 0) is 41.5 Å². The summed E-state index contributed by atoms with van der Waals surface area (Å²) in [5, 5.41) is 5.98. The smallest absolute Gasteiger partial charge is 0.242 e. The van der Waals surface area contributed by atoms with E-state index >= 15 is 0 Å². The Kier molecular flexibility index (Phi) is 4.34. The van der Waals surface area contributed by atoms with E-state index in [-0.39, 0.29) is 11.4 Å². The van der Waals surface area contributed by atoms with Gasteiger partial charge in [0, 0.05) is 11.1 Å². The van der Waals surface area contributed by atoms with Crippen molar-refractivity contribution < 1.29 is 4.79 Å². The van der Waals surface area contributed by atoms with Crippen LogP contribution >= 0.6 is 0 Å². The van der Waals surface area contributed by atoms with E-state index in [9.17, 15) is 4.79 Å². The molecule has 19 heavy (non-hydrogen) atoms. The van der Waals surface area contributed by atoms with Crippen molar-refractivity contribution in [2.45, 2.75) is 53.1 Å². The maximum atomic E-state index is 12.0. The molecule has 1 rings (SSSR count). The second-order valence-electron chi connectivity index (χ2n) is 5.73. The fourth-order valence-corrected chi connectivity index (χ4v) is 1.54. The van der Waals surface area contributed by atoms with E-state index in [2.05, 4.69) is 20.6 Å². The van der Waals surface area contributed by atoms with Crippen LogP contribution in [0.2, 0.25) is 0 Å². The molecule has 4 N–H and O–H groups in total. The lowest BCUT2D eigenvalue weighted by atomic mass is 10.1. The molecule has 0 saturated heterocycles. The van der Waals surface area contributed by atoms with Crippen LogP contribution in [0.5, 0.6) is 0 Å². The van der Waals surface area contributed by atoms with Crippen molar-refractivity contribution in [1.82, 2.24) is 15.3 Å². The lowest BCUT2D eigenvalue weighted by molar-refractivity contribution is -0.122. The molecular formula is C13H23N5O. The Morgan fingerprint density at radius 3 is 2.37 bits per heavy atom. The number of amides is 1. The van der Waals surface area contributed by atoms with Gasteiger partial charge in [-0.25, -0.2) is 9.97 Å². The molecule has 0 aliphatic rings. The van der Waals surface area contributed by atoms with E-state index in [4.69, 9.17) is 5.73 Å². The highest BCUT2D eigenvalue weighted by molar-refractivity contribution is 5.84. The molecule has 0 aromatic carbocycles. The van der Waals surface area contributed by atoms with Gasteiger partial charge < -0.3 is 16.4 Å². The molecule has 6 heteroatoms. The van der Waals surface area contributed by atoms with Gasteiger partial charge in [-0.3, -0.25) is 4.79 Å². The van der Waals surface area contributed by atoms with E-state index in [1.165, 1.54) is 0 Å². The second-order valence-corrected chi connectivity index (χ2v) is 5.73. The number of aromatic nitrogens is 2. The lowest BCUT2D eigenvalue weighted by Crippen LogP contribution is -2.47. The van der Waals surface area contributed by atoms with Gasteiger partial charge >= 0.3 is 0 Å². The molecule has 1 atom stereocenters. The van der Waals surface area contributed by atoms with Crippen LogP contribution in [0.25, 0.3) is 0 Å². The summed E-state index contributed by atoms with van der Waals surface area (Å²) in [7, 11) is 0. The van der Waals surface area contributed by atoms with Gasteiger partial charge in [0.2, 0.25) is 5.91 Å². The van der Waals surface area contributed by atoms with Crippen molar-refractivity contribution in [3.8, 4) is 0 Å². The molecule has 1 amide bonds. The van der Waals surface area contributed by atoms with Crippen LogP contribution in [0.1, 0.15) is 39.1 Å². The number of nitrogen functional groups attached to an aromatic ring is 1. The van der Waals surface area contributed by atoms with Crippen molar-refractivity contribution in [3.05, 3.63) is 11.4 Å². The Hall–Kier alpha value is -1.85. The fourth-order valence-electron chi connectivity index (χ4n) is 1.54. The monoisotopic (exact) mass is 265 g/mol. The highest BCUT2D eigenvalue weighted by Crippen LogP contribution is 2.17. The third-order valence-electron chi connectivity index (χ3n) is 2.54. The first-order valence-corrected chi connectivity index (χ1v) is 6.29. The third kappa shape index (κ3) is 4.39. The molecule has 6 nitrogen and oxygen atoms in total. The van der Waals surface area contributed by atoms with Crippen LogP contribution in [-0.4, -0.2) is 27.5 Å². The van der Waals surface area contributed by atoms with Crippen molar-refractivity contribution in [2.75, 3.05) is 11.1 Å². The van der Waals surface area contributed by atoms with Crippen LogP contribution in [0.4, 0.5) is 11.6 Å². The molecule has 0 aliphatic carbocycles. The highest BCUT2D eigenvalue weighted by Gasteiger charge is 2.20. The van der Waals surface area contributed by atoms with Crippen molar-refractivity contribution in [2.24, 2.45) is 0 Å². The topological polar surface area (TPSA) is 92.9 Å². The van der Waals surface area contributed by atoms with E-state index < -0.39 is 6.04 Å². The quantitative estimate of drug-likeness (QED) is 0.768. The summed E-state index contributed by atoms with van der Waals surface area (Å²) >= 11 is 0. The normalized spacial score (nSPS) is 12.9. The average molecular weight is 265 g/mol. The summed E-state index contributed by atoms with van der Waals surface area (Å²) in [6, 6.07) is -0.397. The number of carbonyl (C=O) groups is 1. The van der Waals surface area contributed by atoms with Crippen LogP contribution < -0.4 is 16.4 Å². The van der Waals surface area contributed by atoms with Gasteiger partial charge in [-0.2, -0.15) is 0 Å². The Morgan fingerprint density at radius 2 is 1.84 bits per heavy atom. The van der Waals surface area contributed by atoms with Crippen LogP contribution in [0, 0.1) is 13.8 Å². The number of anilines is 2. The predicted octanol–water partition coefficient (Wildman–Crippen LogP) is 1.39. The zero-order chi connectivity index (χ0) is 14.8. The molecule has 1 aromatic heterocycles.